The molecule has 22 aromatic rings. The predicted molar refractivity (Wildman–Crippen MR) is 494 cm³/mol. The molecule has 0 fully saturated rings. The molecule has 2 N–H and O–H groups in total. The molecule has 0 atom stereocenters. The molecule has 116 heavy (non-hydrogen) atoms. The number of thiophene rings is 2. The van der Waals surface area contributed by atoms with Crippen molar-refractivity contribution in [1.82, 2.24) is 34.5 Å². The number of benzene rings is 16. The third-order valence-corrected chi connectivity index (χ3v) is 24.4. The molecule has 0 bridgehead atoms. The van der Waals surface area contributed by atoms with E-state index in [0.29, 0.717) is 55.4 Å². The van der Waals surface area contributed by atoms with E-state index in [1.54, 1.807) is 54.7 Å². The van der Waals surface area contributed by atoms with Crippen LogP contribution >= 0.6 is 57.5 Å². The van der Waals surface area contributed by atoms with Crippen molar-refractivity contribution >= 4 is 208 Å². The molecule has 0 unspecified atom stereocenters. The smallest absolute Gasteiger partial charge is 0.423 e. The Morgan fingerprint density at radius 3 is 1.46 bits per heavy atom. The lowest BCUT2D eigenvalue weighted by molar-refractivity contribution is 0.425. The quantitative estimate of drug-likeness (QED) is 0.101. The van der Waals surface area contributed by atoms with E-state index in [4.69, 9.17) is 75.4 Å². The second-order valence-corrected chi connectivity index (χ2v) is 31.5. The van der Waals surface area contributed by atoms with E-state index >= 15 is 0 Å². The molecule has 1 aliphatic carbocycles. The number of halogens is 3. The highest BCUT2D eigenvalue weighted by molar-refractivity contribution is 7.27. The Labute approximate surface area is 713 Å². The molecule has 0 spiro atoms. The van der Waals surface area contributed by atoms with E-state index in [9.17, 15) is 0 Å². The Morgan fingerprint density at radius 1 is 0.371 bits per heavy atom. The Kier molecular flexibility index (Phi) is 15.4. The summed E-state index contributed by atoms with van der Waals surface area (Å²) in [4.78, 5) is 26.6. The lowest BCUT2D eigenvalue weighted by atomic mass is 9.77. The number of aryl methyl sites for hydroxylation is 6. The first kappa shape index (κ1) is 58.5. The van der Waals surface area contributed by atoms with Crippen LogP contribution in [0.5, 0.6) is 0 Å². The Hall–Kier alpha value is -12.3. The van der Waals surface area contributed by atoms with E-state index in [2.05, 4.69) is 188 Å². The summed E-state index contributed by atoms with van der Waals surface area (Å²) in [6.07, 6.45) is 1.03. The maximum atomic E-state index is 8.96. The first-order chi connectivity index (χ1) is 62.6. The molecular weight excluding hydrogens is 1520 g/mol. The van der Waals surface area contributed by atoms with Gasteiger partial charge in [-0.1, -0.05) is 289 Å². The minimum atomic E-state index is -2.60. The fourth-order valence-corrected chi connectivity index (χ4v) is 19.5. The average molecular weight is 1610 g/mol. The molecule has 6 heterocycles. The van der Waals surface area contributed by atoms with Gasteiger partial charge in [0.2, 0.25) is 16.5 Å². The summed E-state index contributed by atoms with van der Waals surface area (Å²) >= 11 is 21.1. The molecule has 0 saturated carbocycles. The van der Waals surface area contributed by atoms with E-state index in [1.807, 2.05) is 65.9 Å². The molecule has 15 heteroatoms. The van der Waals surface area contributed by atoms with Gasteiger partial charge in [-0.15, -0.1) is 22.7 Å². The zero-order valence-electron chi connectivity index (χ0n) is 76.5. The van der Waals surface area contributed by atoms with Gasteiger partial charge in [0.15, 0.2) is 0 Å². The monoisotopic (exact) mass is 1610 g/mol. The van der Waals surface area contributed by atoms with E-state index in [0.717, 1.165) is 65.6 Å². The van der Waals surface area contributed by atoms with Crippen LogP contribution in [-0.2, 0) is 6.42 Å². The molecule has 1 aliphatic rings. The highest BCUT2D eigenvalue weighted by atomic mass is 35.5. The number of nitrogens with zero attached hydrogens (tertiary/aromatic N) is 7. The van der Waals surface area contributed by atoms with Crippen molar-refractivity contribution in [2.24, 2.45) is 0 Å². The highest BCUT2D eigenvalue weighted by Gasteiger charge is 2.29. The van der Waals surface area contributed by atoms with Crippen molar-refractivity contribution in [3.63, 3.8) is 0 Å². The fraction of sp³-hybridized carbons (Fsp3) is 0.0693. The van der Waals surface area contributed by atoms with Crippen LogP contribution in [0.25, 0.3) is 178 Å². The number of aromatic nitrogens is 7. The van der Waals surface area contributed by atoms with Crippen molar-refractivity contribution in [2.45, 2.75) is 47.6 Å². The topological polar surface area (TPSA) is 123 Å². The summed E-state index contributed by atoms with van der Waals surface area (Å²) in [6.45, 7) is -10.5. The average Bonchev–Trinajstić information content (AvgIpc) is 1.53. The Balaban J connectivity index is 0.000000118. The number of fused-ring (bicyclic) bond motifs is 27. The second kappa shape index (κ2) is 30.5. The normalized spacial score (nSPS) is 14.2. The molecule has 16 aromatic carbocycles. The first-order valence-corrected chi connectivity index (χ1v) is 40.0. The molecule has 6 aromatic heterocycles. The van der Waals surface area contributed by atoms with Crippen LogP contribution in [0.1, 0.15) is 65.1 Å². The van der Waals surface area contributed by atoms with Gasteiger partial charge in [0.1, 0.15) is 5.15 Å². The molecule has 558 valence electrons. The van der Waals surface area contributed by atoms with Crippen LogP contribution < -0.4 is 5.46 Å². The van der Waals surface area contributed by atoms with Crippen LogP contribution in [-0.4, -0.2) is 51.6 Å². The molecule has 0 saturated heterocycles. The van der Waals surface area contributed by atoms with Gasteiger partial charge in [-0.05, 0) is 189 Å². The predicted octanol–water partition coefficient (Wildman–Crippen LogP) is 27.1. The van der Waals surface area contributed by atoms with Gasteiger partial charge in [-0.2, -0.15) is 0 Å². The van der Waals surface area contributed by atoms with Gasteiger partial charge < -0.3 is 10.0 Å². The van der Waals surface area contributed by atoms with Crippen molar-refractivity contribution in [2.75, 3.05) is 0 Å². The minimum absolute atomic E-state index is 0.00694. The maximum Gasteiger partial charge on any atom is 0.488 e. The van der Waals surface area contributed by atoms with Gasteiger partial charge in [0.25, 0.3) is 0 Å². The summed E-state index contributed by atoms with van der Waals surface area (Å²) in [5.41, 5.74) is 11.8. The van der Waals surface area contributed by atoms with E-state index in [1.165, 1.54) is 127 Å². The summed E-state index contributed by atoms with van der Waals surface area (Å²) in [5.74, 6) is 0.398. The lowest BCUT2D eigenvalue weighted by Gasteiger charge is -2.14. The van der Waals surface area contributed by atoms with Crippen LogP contribution in [0.15, 0.2) is 297 Å². The maximum absolute atomic E-state index is 8.96. The molecular formula is C101H71BCl3N7O2S2. The van der Waals surface area contributed by atoms with Crippen molar-refractivity contribution in [1.29, 1.82) is 0 Å². The van der Waals surface area contributed by atoms with Gasteiger partial charge in [-0.25, -0.2) is 29.9 Å². The van der Waals surface area contributed by atoms with E-state index < -0.39 is 41.4 Å². The van der Waals surface area contributed by atoms with Gasteiger partial charge >= 0.3 is 7.12 Å². The van der Waals surface area contributed by atoms with Gasteiger partial charge in [-0.3, -0.25) is 4.57 Å². The third kappa shape index (κ3) is 13.2. The molecule has 0 radical (unpaired) electrons. The highest BCUT2D eigenvalue weighted by Crippen LogP contribution is 2.53. The third-order valence-electron chi connectivity index (χ3n) is 21.3. The zero-order chi connectivity index (χ0) is 91.6. The van der Waals surface area contributed by atoms with Crippen LogP contribution in [0.4, 0.5) is 0 Å². The van der Waals surface area contributed by atoms with E-state index in [-0.39, 0.29) is 43.8 Å². The minimum Gasteiger partial charge on any atom is -0.423 e. The van der Waals surface area contributed by atoms with Crippen molar-refractivity contribution in [3.05, 3.63) is 357 Å². The summed E-state index contributed by atoms with van der Waals surface area (Å²) in [7, 11) is -1.74. The lowest BCUT2D eigenvalue weighted by Crippen LogP contribution is -2.31. The second-order valence-electron chi connectivity index (χ2n) is 28.3. The zero-order valence-corrected chi connectivity index (χ0v) is 65.5. The number of para-hydroxylation sites is 3. The number of hydrogen-bond acceptors (Lipinski definition) is 10. The van der Waals surface area contributed by atoms with Crippen molar-refractivity contribution < 1.29 is 30.6 Å². The SMILES string of the molecule is Clc1nc(Cl)c2ccccc2n1.[2H]C([2H])([2H])c1cc(C)ccc1B(O)O.[2H]C([2H])([2H])c1ccc(-c2nc(-n3c4ccc5ccccc5c4c4c5ccccc5c5c6ccccc6sc5c43)nc3ccccc23)c(C([2H])([2H])[2H])c1.[2H]C([2H])([2H])c1ccc(-c2nc(Cl)nc3ccccc23)c(C([2H])([2H])[2H])c1.c1ccc2c3c(ccc2c1)Cc1c-3c2ccccc2c2c1sc1ccccc12. The molecule has 23 rings (SSSR count). The Morgan fingerprint density at radius 2 is 0.836 bits per heavy atom. The number of rotatable bonds is 4. The Bertz CT molecular complexity index is 8410. The standard InChI is InChI=1S/C42H27N3S.C27H16S.C16H13ClN2.C8H11BO2.C8H4Cl2N2/c1-24-19-21-27(25(2)23-24)39-31-15-7-9-17-33(31)43-42(44-39)45-34-22-20-26-11-3-4-12-28(26)37(34)38-30-14-6-5-13-29(30)36-32-16-8-10-18-35(32)46-41(36)40(38)45;1-2-8-18-16(7-1)13-14-17-15-22-25(24(17)18)19-9-3-4-10-20(19)26-21-11-5-6-12-23(21)28-27(22)26;1-10-7-8-12(11(2)9-10)15-13-5-3-4-6-14(13)18-16(17)19-15;1-6-3-4-8(9(10)11)7(2)5-6;9-7-5-3-1-2-4-6(5)11-8(10)12-7/h3-23H,1-2H3;1-14H,15H2;3-9H,1-2H3;3-5,10-11H,1-2H3;1-4H/i1D3,2D3;;1D3,2D3;2D3;. The van der Waals surface area contributed by atoms with Crippen molar-refractivity contribution in [3.8, 4) is 39.6 Å². The number of hydrogen-bond donors (Lipinski definition) is 2. The van der Waals surface area contributed by atoms with Crippen LogP contribution in [0.2, 0.25) is 15.7 Å². The largest absolute Gasteiger partial charge is 0.488 e. The van der Waals surface area contributed by atoms with Crippen LogP contribution in [0, 0.1) is 41.2 Å². The van der Waals surface area contributed by atoms with Crippen LogP contribution in [0.3, 0.4) is 0 Å². The summed E-state index contributed by atoms with van der Waals surface area (Å²) < 4.78 is 124. The first-order valence-electron chi connectivity index (χ1n) is 44.7. The summed E-state index contributed by atoms with van der Waals surface area (Å²) in [5, 5.41) is 38.0. The molecule has 0 aliphatic heterocycles. The molecule has 9 nitrogen and oxygen atoms in total. The molecule has 0 amide bonds. The fourth-order valence-electron chi connectivity index (χ4n) is 16.3. The van der Waals surface area contributed by atoms with Gasteiger partial charge in [0.05, 0.1) is 43.7 Å². The van der Waals surface area contributed by atoms with Gasteiger partial charge in [0, 0.05) is 101 Å². The summed E-state index contributed by atoms with van der Waals surface area (Å²) in [6, 6.07) is 96.0.